The molecule has 0 aliphatic carbocycles. The van der Waals surface area contributed by atoms with Gasteiger partial charge in [-0.15, -0.1) is 0 Å². The van der Waals surface area contributed by atoms with E-state index in [2.05, 4.69) is 11.6 Å². The Bertz CT molecular complexity index is 443. The van der Waals surface area contributed by atoms with Gasteiger partial charge >= 0.3 is 0 Å². The third-order valence-electron chi connectivity index (χ3n) is 2.18. The van der Waals surface area contributed by atoms with Gasteiger partial charge in [0.1, 0.15) is 0 Å². The topological polar surface area (TPSA) is 46.2 Å². The second-order valence-electron chi connectivity index (χ2n) is 3.85. The molecule has 0 saturated carbocycles. The third-order valence-corrected chi connectivity index (χ3v) is 6.27. The van der Waals surface area contributed by atoms with Crippen LogP contribution in [0.3, 0.4) is 0 Å². The van der Waals surface area contributed by atoms with Gasteiger partial charge in [-0.05, 0) is 25.5 Å². The molecule has 0 aliphatic rings. The fourth-order valence-corrected chi connectivity index (χ4v) is 4.43. The predicted molar refractivity (Wildman–Crippen MR) is 81.6 cm³/mol. The lowest BCUT2D eigenvalue weighted by molar-refractivity contribution is 0.584. The monoisotopic (exact) mass is 305 g/mol. The van der Waals surface area contributed by atoms with Crippen LogP contribution >= 0.6 is 21.6 Å². The zero-order chi connectivity index (χ0) is 13.4. The summed E-state index contributed by atoms with van der Waals surface area (Å²) >= 11 is 0. The number of nitrogens with one attached hydrogen (secondary N) is 1. The van der Waals surface area contributed by atoms with Gasteiger partial charge in [0.25, 0.3) is 0 Å². The van der Waals surface area contributed by atoms with E-state index < -0.39 is 10.0 Å². The Labute approximate surface area is 118 Å². The molecule has 0 amide bonds. The van der Waals surface area contributed by atoms with Gasteiger partial charge in [-0.3, -0.25) is 0 Å². The van der Waals surface area contributed by atoms with E-state index >= 15 is 0 Å². The first kappa shape index (κ1) is 15.9. The molecule has 0 radical (unpaired) electrons. The molecule has 0 atom stereocenters. The largest absolute Gasteiger partial charge is 0.240 e. The normalized spacial score (nSPS) is 11.7. The molecule has 102 valence electrons. The van der Waals surface area contributed by atoms with Gasteiger partial charge in [-0.25, -0.2) is 13.1 Å². The molecule has 18 heavy (non-hydrogen) atoms. The molecule has 1 aromatic carbocycles. The Morgan fingerprint density at radius 1 is 1.11 bits per heavy atom. The summed E-state index contributed by atoms with van der Waals surface area (Å²) in [6.45, 7) is 4.54. The van der Waals surface area contributed by atoms with Gasteiger partial charge in [-0.2, -0.15) is 0 Å². The van der Waals surface area contributed by atoms with Gasteiger partial charge in [0, 0.05) is 18.1 Å². The van der Waals surface area contributed by atoms with Crippen LogP contribution in [0.15, 0.2) is 29.2 Å². The molecule has 1 aromatic rings. The van der Waals surface area contributed by atoms with Crippen LogP contribution in [0.2, 0.25) is 0 Å². The van der Waals surface area contributed by atoms with E-state index in [-0.39, 0.29) is 0 Å². The standard InChI is InChI=1S/C12H19NO2S3/c1-3-9-16-17-10-8-13-18(14,15)12-6-4-11(2)5-7-12/h4-7,13H,3,8-10H2,1-2H3. The summed E-state index contributed by atoms with van der Waals surface area (Å²) in [6.07, 6.45) is 1.15. The van der Waals surface area contributed by atoms with Gasteiger partial charge in [0.15, 0.2) is 0 Å². The molecule has 0 bridgehead atoms. The van der Waals surface area contributed by atoms with E-state index in [1.54, 1.807) is 45.9 Å². The minimum Gasteiger partial charge on any atom is -0.210 e. The van der Waals surface area contributed by atoms with Crippen molar-refractivity contribution in [2.45, 2.75) is 25.2 Å². The van der Waals surface area contributed by atoms with Crippen molar-refractivity contribution in [3.63, 3.8) is 0 Å². The van der Waals surface area contributed by atoms with E-state index in [1.165, 1.54) is 0 Å². The lowest BCUT2D eigenvalue weighted by Crippen LogP contribution is -2.25. The molecular weight excluding hydrogens is 286 g/mol. The third kappa shape index (κ3) is 5.65. The second kappa shape index (κ2) is 8.09. The summed E-state index contributed by atoms with van der Waals surface area (Å²) in [5.41, 5.74) is 1.06. The summed E-state index contributed by atoms with van der Waals surface area (Å²) in [5.74, 6) is 1.89. The van der Waals surface area contributed by atoms with Crippen molar-refractivity contribution in [1.29, 1.82) is 0 Å². The maximum absolute atomic E-state index is 11.9. The Kier molecular flexibility index (Phi) is 7.14. The van der Waals surface area contributed by atoms with E-state index in [9.17, 15) is 8.42 Å². The second-order valence-corrected chi connectivity index (χ2v) is 8.32. The van der Waals surface area contributed by atoms with Crippen LogP contribution in [-0.4, -0.2) is 26.5 Å². The van der Waals surface area contributed by atoms with E-state index in [4.69, 9.17) is 0 Å². The smallest absolute Gasteiger partial charge is 0.210 e. The predicted octanol–water partition coefficient (Wildman–Crippen LogP) is 3.06. The van der Waals surface area contributed by atoms with Gasteiger partial charge < -0.3 is 0 Å². The van der Waals surface area contributed by atoms with Crippen LogP contribution in [0, 0.1) is 6.92 Å². The fourth-order valence-electron chi connectivity index (χ4n) is 1.22. The number of rotatable bonds is 8. The highest BCUT2D eigenvalue weighted by molar-refractivity contribution is 8.76. The average molecular weight is 305 g/mol. The molecule has 1 rings (SSSR count). The van der Waals surface area contributed by atoms with Crippen LogP contribution in [0.1, 0.15) is 18.9 Å². The first-order valence-corrected chi connectivity index (χ1v) is 9.84. The molecule has 0 saturated heterocycles. The summed E-state index contributed by atoms with van der Waals surface area (Å²) in [4.78, 5) is 0.333. The highest BCUT2D eigenvalue weighted by atomic mass is 33.1. The van der Waals surface area contributed by atoms with Crippen LogP contribution < -0.4 is 4.72 Å². The first-order valence-electron chi connectivity index (χ1n) is 5.87. The average Bonchev–Trinajstić information content (AvgIpc) is 2.34. The van der Waals surface area contributed by atoms with Crippen molar-refractivity contribution in [1.82, 2.24) is 4.72 Å². The SMILES string of the molecule is CCCSSCCNS(=O)(=O)c1ccc(C)cc1. The van der Waals surface area contributed by atoms with E-state index in [0.717, 1.165) is 23.5 Å². The zero-order valence-electron chi connectivity index (χ0n) is 10.7. The molecular formula is C12H19NO2S3. The molecule has 6 heteroatoms. The zero-order valence-corrected chi connectivity index (χ0v) is 13.1. The highest BCUT2D eigenvalue weighted by Gasteiger charge is 2.12. The molecule has 0 aliphatic heterocycles. The van der Waals surface area contributed by atoms with Crippen LogP contribution in [0.25, 0.3) is 0 Å². The number of hydrogen-bond donors (Lipinski definition) is 1. The molecule has 3 nitrogen and oxygen atoms in total. The van der Waals surface area contributed by atoms with Crippen molar-refractivity contribution in [3.05, 3.63) is 29.8 Å². The summed E-state index contributed by atoms with van der Waals surface area (Å²) < 4.78 is 26.4. The lowest BCUT2D eigenvalue weighted by atomic mass is 10.2. The Morgan fingerprint density at radius 3 is 2.33 bits per heavy atom. The van der Waals surface area contributed by atoms with Gasteiger partial charge in [0.05, 0.1) is 4.90 Å². The van der Waals surface area contributed by atoms with E-state index in [1.807, 2.05) is 6.92 Å². The molecule has 0 fully saturated rings. The molecule has 1 N–H and O–H groups in total. The fraction of sp³-hybridized carbons (Fsp3) is 0.500. The van der Waals surface area contributed by atoms with Crippen LogP contribution in [0.4, 0.5) is 0 Å². The maximum atomic E-state index is 11.9. The summed E-state index contributed by atoms with van der Waals surface area (Å²) in [6, 6.07) is 6.88. The number of aryl methyl sites for hydroxylation is 1. The number of benzene rings is 1. The van der Waals surface area contributed by atoms with Crippen LogP contribution in [0.5, 0.6) is 0 Å². The minimum absolute atomic E-state index is 0.333. The van der Waals surface area contributed by atoms with Crippen molar-refractivity contribution in [2.75, 3.05) is 18.1 Å². The minimum atomic E-state index is -3.34. The Balaban J connectivity index is 2.38. The van der Waals surface area contributed by atoms with Gasteiger partial charge in [0.2, 0.25) is 10.0 Å². The molecule has 0 unspecified atom stereocenters. The molecule has 0 aromatic heterocycles. The lowest BCUT2D eigenvalue weighted by Gasteiger charge is -2.06. The van der Waals surface area contributed by atoms with Crippen molar-refractivity contribution in [3.8, 4) is 0 Å². The number of hydrogen-bond acceptors (Lipinski definition) is 4. The van der Waals surface area contributed by atoms with Crippen molar-refractivity contribution < 1.29 is 8.42 Å². The van der Waals surface area contributed by atoms with Gasteiger partial charge in [-0.1, -0.05) is 46.2 Å². The quantitative estimate of drug-likeness (QED) is 0.592. The number of sulfonamides is 1. The first-order chi connectivity index (χ1) is 8.56. The maximum Gasteiger partial charge on any atom is 0.240 e. The summed E-state index contributed by atoms with van der Waals surface area (Å²) in [7, 11) is 0.147. The van der Waals surface area contributed by atoms with E-state index in [0.29, 0.717) is 11.4 Å². The molecule has 0 spiro atoms. The Hall–Kier alpha value is -0.170. The Morgan fingerprint density at radius 2 is 1.72 bits per heavy atom. The van der Waals surface area contributed by atoms with Crippen LogP contribution in [-0.2, 0) is 10.0 Å². The highest BCUT2D eigenvalue weighted by Crippen LogP contribution is 2.21. The molecule has 0 heterocycles. The van der Waals surface area contributed by atoms with Crippen molar-refractivity contribution in [2.24, 2.45) is 0 Å². The summed E-state index contributed by atoms with van der Waals surface area (Å²) in [5, 5.41) is 0. The van der Waals surface area contributed by atoms with Crippen molar-refractivity contribution >= 4 is 31.6 Å².